The van der Waals surface area contributed by atoms with Gasteiger partial charge in [0.15, 0.2) is 0 Å². The number of ether oxygens (including phenoxy) is 3. The molecule has 3 atom stereocenters. The van der Waals surface area contributed by atoms with Crippen LogP contribution in [0.2, 0.25) is 0 Å². The van der Waals surface area contributed by atoms with Crippen molar-refractivity contribution in [1.82, 2.24) is 9.88 Å². The molecule has 1 aliphatic carbocycles. The van der Waals surface area contributed by atoms with Crippen LogP contribution in [0.1, 0.15) is 37.7 Å². The molecule has 0 spiro atoms. The molecule has 13 heteroatoms. The SMILES string of the molecule is C1CCOCC1.Cc1cc(F)c(NC(=O)N2CCCC3C2C3C(F)(F)F)cc1-c1cc(OCCO)nc(N2CCOCC2)c1. The van der Waals surface area contributed by atoms with Crippen molar-refractivity contribution in [2.24, 2.45) is 11.8 Å². The van der Waals surface area contributed by atoms with Crippen LogP contribution in [-0.4, -0.2) is 92.5 Å². The average molecular weight is 625 g/mol. The van der Waals surface area contributed by atoms with E-state index in [4.69, 9.17) is 14.2 Å². The molecule has 0 bridgehead atoms. The monoisotopic (exact) mass is 624 g/mol. The van der Waals surface area contributed by atoms with Gasteiger partial charge in [0.2, 0.25) is 5.88 Å². The number of nitrogens with zero attached hydrogens (tertiary/aromatic N) is 3. The zero-order chi connectivity index (χ0) is 31.3. The van der Waals surface area contributed by atoms with Crippen LogP contribution >= 0.6 is 0 Å². The van der Waals surface area contributed by atoms with Crippen molar-refractivity contribution in [3.8, 4) is 17.0 Å². The largest absolute Gasteiger partial charge is 0.475 e. The molecular formula is C31H40F4N4O5. The summed E-state index contributed by atoms with van der Waals surface area (Å²) in [7, 11) is 0. The number of anilines is 2. The number of carbonyl (C=O) groups is 1. The van der Waals surface area contributed by atoms with Gasteiger partial charge in [-0.1, -0.05) is 0 Å². The molecule has 3 unspecified atom stereocenters. The van der Waals surface area contributed by atoms with E-state index in [0.29, 0.717) is 61.7 Å². The molecule has 44 heavy (non-hydrogen) atoms. The fourth-order valence-corrected chi connectivity index (χ4v) is 6.23. The lowest BCUT2D eigenvalue weighted by molar-refractivity contribution is -0.153. The molecule has 3 aliphatic heterocycles. The third kappa shape index (κ3) is 7.73. The van der Waals surface area contributed by atoms with Crippen LogP contribution < -0.4 is 15.0 Å². The number of morpholine rings is 1. The Labute approximate surface area is 254 Å². The van der Waals surface area contributed by atoms with Crippen molar-refractivity contribution in [3.63, 3.8) is 0 Å². The summed E-state index contributed by atoms with van der Waals surface area (Å²) in [5.74, 6) is -1.91. The van der Waals surface area contributed by atoms with Crippen molar-refractivity contribution in [1.29, 1.82) is 0 Å². The second-order valence-corrected chi connectivity index (χ2v) is 11.5. The maximum Gasteiger partial charge on any atom is 0.394 e. The van der Waals surface area contributed by atoms with E-state index in [1.165, 1.54) is 36.3 Å². The summed E-state index contributed by atoms with van der Waals surface area (Å²) in [6, 6.07) is 4.61. The number of nitrogens with one attached hydrogen (secondary N) is 1. The number of aliphatic hydroxyl groups excluding tert-OH is 1. The van der Waals surface area contributed by atoms with Crippen LogP contribution in [0.15, 0.2) is 24.3 Å². The number of benzene rings is 1. The Kier molecular flexibility index (Phi) is 10.5. The Morgan fingerprint density at radius 3 is 2.41 bits per heavy atom. The van der Waals surface area contributed by atoms with Gasteiger partial charge in [0, 0.05) is 45.0 Å². The molecule has 242 valence electrons. The molecule has 2 amide bonds. The smallest absolute Gasteiger partial charge is 0.394 e. The molecule has 3 saturated heterocycles. The molecule has 1 aromatic heterocycles. The van der Waals surface area contributed by atoms with Crippen LogP contribution in [0, 0.1) is 24.6 Å². The van der Waals surface area contributed by atoms with E-state index in [2.05, 4.69) is 10.3 Å². The second kappa shape index (κ2) is 14.3. The van der Waals surface area contributed by atoms with E-state index in [-0.39, 0.29) is 31.3 Å². The van der Waals surface area contributed by atoms with E-state index in [1.807, 2.05) is 11.0 Å². The van der Waals surface area contributed by atoms with E-state index < -0.39 is 35.9 Å². The van der Waals surface area contributed by atoms with Crippen LogP contribution in [-0.2, 0) is 9.47 Å². The van der Waals surface area contributed by atoms with Gasteiger partial charge in [-0.3, -0.25) is 0 Å². The molecule has 2 N–H and O–H groups in total. The van der Waals surface area contributed by atoms with Crippen molar-refractivity contribution < 1.29 is 41.7 Å². The standard InChI is InChI=1S/C26H30F4N4O4.C5H10O/c1-15-11-19(27)20(31-25(36)34-4-2-3-17-23(24(17)34)26(28,29)30)14-18(15)16-12-21(33-5-8-37-9-6-33)32-22(13-16)38-10-7-35;1-2-4-6-5-3-1/h11-14,17,23-24,35H,2-10H2,1H3,(H,31,36);1-5H2. The number of rotatable bonds is 6. The lowest BCUT2D eigenvalue weighted by Crippen LogP contribution is -2.41. The number of hydrogen-bond acceptors (Lipinski definition) is 7. The molecular weight excluding hydrogens is 584 g/mol. The van der Waals surface area contributed by atoms with Crippen molar-refractivity contribution in [3.05, 3.63) is 35.6 Å². The van der Waals surface area contributed by atoms with Crippen LogP contribution in [0.5, 0.6) is 5.88 Å². The number of piperidine rings is 1. The molecule has 4 fully saturated rings. The highest BCUT2D eigenvalue weighted by molar-refractivity contribution is 5.91. The maximum absolute atomic E-state index is 15.0. The van der Waals surface area contributed by atoms with E-state index in [9.17, 15) is 27.5 Å². The van der Waals surface area contributed by atoms with Crippen LogP contribution in [0.3, 0.4) is 0 Å². The number of hydrogen-bond donors (Lipinski definition) is 2. The quantitative estimate of drug-likeness (QED) is 0.416. The number of aryl methyl sites for hydroxylation is 1. The number of amides is 2. The summed E-state index contributed by atoms with van der Waals surface area (Å²) in [6.45, 7) is 6.08. The molecule has 9 nitrogen and oxygen atoms in total. The topological polar surface area (TPSA) is 96.4 Å². The molecule has 4 heterocycles. The van der Waals surface area contributed by atoms with Gasteiger partial charge in [-0.15, -0.1) is 0 Å². The normalized spacial score (nSPS) is 23.3. The number of pyridine rings is 1. The average Bonchev–Trinajstić information content (AvgIpc) is 3.79. The molecule has 6 rings (SSSR count). The fraction of sp³-hybridized carbons (Fsp3) is 0.613. The molecule has 0 radical (unpaired) electrons. The minimum atomic E-state index is -4.37. The summed E-state index contributed by atoms with van der Waals surface area (Å²) >= 11 is 0. The first-order valence-electron chi connectivity index (χ1n) is 15.3. The third-order valence-electron chi connectivity index (χ3n) is 8.47. The molecule has 2 aromatic rings. The number of halogens is 4. The van der Waals surface area contributed by atoms with Crippen molar-refractivity contribution in [2.45, 2.75) is 51.2 Å². The van der Waals surface area contributed by atoms with Gasteiger partial charge in [0.05, 0.1) is 31.4 Å². The van der Waals surface area contributed by atoms with Gasteiger partial charge < -0.3 is 34.4 Å². The Bertz CT molecular complexity index is 1270. The number of fused-ring (bicyclic) bond motifs is 1. The predicted molar refractivity (Wildman–Crippen MR) is 156 cm³/mol. The molecule has 1 saturated carbocycles. The maximum atomic E-state index is 15.0. The minimum absolute atomic E-state index is 0.0413. The fourth-order valence-electron chi connectivity index (χ4n) is 6.23. The summed E-state index contributed by atoms with van der Waals surface area (Å²) in [5.41, 5.74) is 1.72. The summed E-state index contributed by atoms with van der Waals surface area (Å²) in [4.78, 5) is 20.8. The Morgan fingerprint density at radius 1 is 1.05 bits per heavy atom. The predicted octanol–water partition coefficient (Wildman–Crippen LogP) is 5.40. The highest BCUT2D eigenvalue weighted by atomic mass is 19.4. The van der Waals surface area contributed by atoms with Gasteiger partial charge in [0.25, 0.3) is 0 Å². The number of likely N-dealkylation sites (tertiary alicyclic amines) is 1. The van der Waals surface area contributed by atoms with Crippen molar-refractivity contribution in [2.75, 3.05) is 69.5 Å². The number of alkyl halides is 3. The van der Waals surface area contributed by atoms with Gasteiger partial charge in [-0.05, 0) is 79.8 Å². The van der Waals surface area contributed by atoms with E-state index >= 15 is 0 Å². The Morgan fingerprint density at radius 2 is 1.77 bits per heavy atom. The third-order valence-corrected chi connectivity index (χ3v) is 8.47. The molecule has 4 aliphatic rings. The molecule has 1 aromatic carbocycles. The van der Waals surface area contributed by atoms with E-state index in [0.717, 1.165) is 13.2 Å². The minimum Gasteiger partial charge on any atom is -0.475 e. The highest BCUT2D eigenvalue weighted by Crippen LogP contribution is 2.57. The number of aliphatic hydroxyl groups is 1. The van der Waals surface area contributed by atoms with Crippen LogP contribution in [0.4, 0.5) is 33.9 Å². The number of carbonyl (C=O) groups excluding carboxylic acids is 1. The summed E-state index contributed by atoms with van der Waals surface area (Å²) in [6.07, 6.45) is 0.465. The second-order valence-electron chi connectivity index (χ2n) is 11.5. The zero-order valence-electron chi connectivity index (χ0n) is 24.9. The summed E-state index contributed by atoms with van der Waals surface area (Å²) < 4.78 is 71.2. The number of aromatic nitrogens is 1. The number of urea groups is 1. The highest BCUT2D eigenvalue weighted by Gasteiger charge is 2.67. The Balaban J connectivity index is 0.000000573. The van der Waals surface area contributed by atoms with Gasteiger partial charge in [0.1, 0.15) is 18.2 Å². The zero-order valence-corrected chi connectivity index (χ0v) is 24.9. The van der Waals surface area contributed by atoms with E-state index in [1.54, 1.807) is 13.0 Å². The Hall–Kier alpha value is -3.16. The summed E-state index contributed by atoms with van der Waals surface area (Å²) in [5, 5.41) is 11.7. The van der Waals surface area contributed by atoms with Gasteiger partial charge in [-0.25, -0.2) is 9.18 Å². The first-order chi connectivity index (χ1) is 21.2. The van der Waals surface area contributed by atoms with Crippen LogP contribution in [0.25, 0.3) is 11.1 Å². The van der Waals surface area contributed by atoms with Crippen molar-refractivity contribution >= 4 is 17.5 Å². The first kappa shape index (κ1) is 32.2. The van der Waals surface area contributed by atoms with Gasteiger partial charge >= 0.3 is 12.2 Å². The first-order valence-corrected chi connectivity index (χ1v) is 15.3. The van der Waals surface area contributed by atoms with Gasteiger partial charge in [-0.2, -0.15) is 18.2 Å². The lowest BCUT2D eigenvalue weighted by Gasteiger charge is -2.28. The lowest BCUT2D eigenvalue weighted by atomic mass is 10.00.